The molecule has 0 unspecified atom stereocenters. The number of benzene rings is 2. The van der Waals surface area contributed by atoms with E-state index in [1.54, 1.807) is 4.90 Å². The highest BCUT2D eigenvalue weighted by Gasteiger charge is 2.31. The summed E-state index contributed by atoms with van der Waals surface area (Å²) in [6.07, 6.45) is -4.45. The van der Waals surface area contributed by atoms with Crippen LogP contribution in [0.1, 0.15) is 25.0 Å². The summed E-state index contributed by atoms with van der Waals surface area (Å²) in [5.74, 6) is -0.424. The number of carbonyl (C=O) groups excluding carboxylic acids is 2. The van der Waals surface area contributed by atoms with Crippen LogP contribution in [0.5, 0.6) is 0 Å². The molecule has 33 heavy (non-hydrogen) atoms. The number of alkyl halides is 3. The molecular formula is C24H31F3N4O2. The second-order valence-electron chi connectivity index (χ2n) is 8.44. The molecule has 2 aromatic rings. The van der Waals surface area contributed by atoms with Gasteiger partial charge in [0, 0.05) is 25.3 Å². The van der Waals surface area contributed by atoms with Gasteiger partial charge >= 0.3 is 12.2 Å². The van der Waals surface area contributed by atoms with Gasteiger partial charge in [-0.1, -0.05) is 44.2 Å². The number of urea groups is 1. The molecule has 180 valence electrons. The van der Waals surface area contributed by atoms with Crippen molar-refractivity contribution in [2.45, 2.75) is 32.6 Å². The molecule has 0 fully saturated rings. The van der Waals surface area contributed by atoms with Gasteiger partial charge < -0.3 is 20.4 Å². The van der Waals surface area contributed by atoms with E-state index in [0.717, 1.165) is 17.7 Å². The Kier molecular flexibility index (Phi) is 9.28. The molecule has 0 aromatic heterocycles. The molecule has 0 aliphatic rings. The number of hydrogen-bond donors (Lipinski definition) is 2. The Bertz CT molecular complexity index is 900. The topological polar surface area (TPSA) is 64.7 Å². The fourth-order valence-corrected chi connectivity index (χ4v) is 3.15. The van der Waals surface area contributed by atoms with Gasteiger partial charge in [0.2, 0.25) is 5.91 Å². The van der Waals surface area contributed by atoms with Crippen LogP contribution in [0.2, 0.25) is 0 Å². The van der Waals surface area contributed by atoms with E-state index in [1.165, 1.54) is 12.1 Å². The Balaban J connectivity index is 2.11. The first-order valence-corrected chi connectivity index (χ1v) is 10.7. The molecule has 0 aliphatic heterocycles. The maximum absolute atomic E-state index is 13.4. The first-order valence-electron chi connectivity index (χ1n) is 10.7. The molecule has 0 radical (unpaired) electrons. The number of amides is 3. The molecule has 2 N–H and O–H groups in total. The Morgan fingerprint density at radius 2 is 1.55 bits per heavy atom. The highest BCUT2D eigenvalue weighted by Crippen LogP contribution is 2.29. The molecule has 6 nitrogen and oxygen atoms in total. The Morgan fingerprint density at radius 3 is 2.06 bits per heavy atom. The zero-order valence-electron chi connectivity index (χ0n) is 19.3. The van der Waals surface area contributed by atoms with Crippen LogP contribution in [0.25, 0.3) is 0 Å². The van der Waals surface area contributed by atoms with Gasteiger partial charge in [0.15, 0.2) is 0 Å². The lowest BCUT2D eigenvalue weighted by molar-refractivity contribution is -0.137. The van der Waals surface area contributed by atoms with Crippen LogP contribution < -0.4 is 10.6 Å². The number of carbonyl (C=O) groups is 2. The zero-order chi connectivity index (χ0) is 24.6. The number of halogens is 3. The lowest BCUT2D eigenvalue weighted by Crippen LogP contribution is -2.53. The van der Waals surface area contributed by atoms with E-state index in [0.29, 0.717) is 19.6 Å². The summed E-state index contributed by atoms with van der Waals surface area (Å²) in [5.41, 5.74) is 0.367. The highest BCUT2D eigenvalue weighted by molar-refractivity contribution is 5.93. The Labute approximate surface area is 192 Å². The van der Waals surface area contributed by atoms with Crippen LogP contribution in [-0.4, -0.2) is 55.0 Å². The van der Waals surface area contributed by atoms with Crippen LogP contribution in [0.3, 0.4) is 0 Å². The summed E-state index contributed by atoms with van der Waals surface area (Å²) < 4.78 is 38.2. The van der Waals surface area contributed by atoms with Gasteiger partial charge in [-0.25, -0.2) is 4.79 Å². The quantitative estimate of drug-likeness (QED) is 0.577. The van der Waals surface area contributed by atoms with Crippen molar-refractivity contribution in [2.75, 3.05) is 32.5 Å². The first kappa shape index (κ1) is 26.2. The van der Waals surface area contributed by atoms with Crippen molar-refractivity contribution in [3.05, 3.63) is 65.7 Å². The van der Waals surface area contributed by atoms with Crippen molar-refractivity contribution >= 4 is 17.6 Å². The number of nitrogens with zero attached hydrogens (tertiary/aromatic N) is 2. The van der Waals surface area contributed by atoms with E-state index in [-0.39, 0.29) is 17.5 Å². The third kappa shape index (κ3) is 8.42. The second kappa shape index (κ2) is 11.7. The fraction of sp³-hybridized carbons (Fsp3) is 0.417. The maximum Gasteiger partial charge on any atom is 0.416 e. The minimum absolute atomic E-state index is 0.198. The number of likely N-dealkylation sites (N-methyl/N-ethyl adjacent to an activating group) is 1. The number of rotatable bonds is 9. The van der Waals surface area contributed by atoms with Crippen molar-refractivity contribution in [2.24, 2.45) is 5.92 Å². The highest BCUT2D eigenvalue weighted by atomic mass is 19.4. The Hall–Kier alpha value is -3.07. The second-order valence-corrected chi connectivity index (χ2v) is 8.44. The maximum atomic E-state index is 13.4. The van der Waals surface area contributed by atoms with Crippen molar-refractivity contribution in [3.63, 3.8) is 0 Å². The van der Waals surface area contributed by atoms with E-state index in [4.69, 9.17) is 0 Å². The predicted octanol–water partition coefficient (Wildman–Crippen LogP) is 4.44. The minimum Gasteiger partial charge on any atom is -0.335 e. The zero-order valence-corrected chi connectivity index (χ0v) is 19.3. The minimum atomic E-state index is -4.45. The average Bonchev–Trinajstić information content (AvgIpc) is 2.74. The monoisotopic (exact) mass is 464 g/mol. The lowest BCUT2D eigenvalue weighted by atomic mass is 10.0. The standard InChI is InChI=1S/C24H31F3N4O2/c1-17(2)21(29-23(33)28-20-12-10-19(11-13-20)24(25,26)27)22(32)31(15-14-30(3)4)16-18-8-6-5-7-9-18/h5-13,17,21H,14-16H2,1-4H3,(H2,28,29,33)/t21-/m0/s1. The molecule has 2 rings (SSSR count). The van der Waals surface area contributed by atoms with Crippen molar-refractivity contribution in [3.8, 4) is 0 Å². The van der Waals surface area contributed by atoms with Crippen molar-refractivity contribution in [1.29, 1.82) is 0 Å². The van der Waals surface area contributed by atoms with Crippen LogP contribution in [0.4, 0.5) is 23.7 Å². The van der Waals surface area contributed by atoms with Crippen LogP contribution in [0, 0.1) is 5.92 Å². The van der Waals surface area contributed by atoms with Gasteiger partial charge in [-0.15, -0.1) is 0 Å². The lowest BCUT2D eigenvalue weighted by Gasteiger charge is -2.31. The molecule has 1 atom stereocenters. The third-order valence-electron chi connectivity index (χ3n) is 5.03. The SMILES string of the molecule is CC(C)[C@H](NC(=O)Nc1ccc(C(F)(F)F)cc1)C(=O)N(CCN(C)C)Cc1ccccc1. The molecule has 0 aliphatic carbocycles. The molecule has 3 amide bonds. The molecule has 0 spiro atoms. The number of anilines is 1. The van der Waals surface area contributed by atoms with E-state index < -0.39 is 23.8 Å². The number of hydrogen-bond acceptors (Lipinski definition) is 3. The fourth-order valence-electron chi connectivity index (χ4n) is 3.15. The molecule has 0 saturated heterocycles. The smallest absolute Gasteiger partial charge is 0.335 e. The van der Waals surface area contributed by atoms with Crippen LogP contribution >= 0.6 is 0 Å². The van der Waals surface area contributed by atoms with Gasteiger partial charge in [0.05, 0.1) is 5.56 Å². The van der Waals surface area contributed by atoms with Crippen molar-refractivity contribution in [1.82, 2.24) is 15.1 Å². The largest absolute Gasteiger partial charge is 0.416 e. The molecule has 0 heterocycles. The first-order chi connectivity index (χ1) is 15.5. The van der Waals surface area contributed by atoms with Gasteiger partial charge in [-0.3, -0.25) is 4.79 Å². The van der Waals surface area contributed by atoms with E-state index in [9.17, 15) is 22.8 Å². The molecule has 0 bridgehead atoms. The van der Waals surface area contributed by atoms with Crippen molar-refractivity contribution < 1.29 is 22.8 Å². The Morgan fingerprint density at radius 1 is 0.939 bits per heavy atom. The molecule has 9 heteroatoms. The number of nitrogens with one attached hydrogen (secondary N) is 2. The van der Waals surface area contributed by atoms with Gasteiger partial charge in [-0.05, 0) is 49.8 Å². The normalized spacial score (nSPS) is 12.5. The van der Waals surface area contributed by atoms with Crippen LogP contribution in [0.15, 0.2) is 54.6 Å². The summed E-state index contributed by atoms with van der Waals surface area (Å²) in [6.45, 7) is 5.19. The molecule has 0 saturated carbocycles. The van der Waals surface area contributed by atoms with E-state index in [1.807, 2.05) is 63.2 Å². The summed E-state index contributed by atoms with van der Waals surface area (Å²) in [6, 6.07) is 12.3. The summed E-state index contributed by atoms with van der Waals surface area (Å²) in [4.78, 5) is 29.6. The van der Waals surface area contributed by atoms with Gasteiger partial charge in [0.1, 0.15) is 6.04 Å². The summed E-state index contributed by atoms with van der Waals surface area (Å²) >= 11 is 0. The summed E-state index contributed by atoms with van der Waals surface area (Å²) in [5, 5.41) is 5.19. The average molecular weight is 465 g/mol. The van der Waals surface area contributed by atoms with Gasteiger partial charge in [-0.2, -0.15) is 13.2 Å². The summed E-state index contributed by atoms with van der Waals surface area (Å²) in [7, 11) is 3.84. The predicted molar refractivity (Wildman–Crippen MR) is 123 cm³/mol. The molecule has 2 aromatic carbocycles. The van der Waals surface area contributed by atoms with E-state index >= 15 is 0 Å². The third-order valence-corrected chi connectivity index (χ3v) is 5.03. The van der Waals surface area contributed by atoms with Crippen LogP contribution in [-0.2, 0) is 17.5 Å². The van der Waals surface area contributed by atoms with Gasteiger partial charge in [0.25, 0.3) is 0 Å². The van der Waals surface area contributed by atoms with E-state index in [2.05, 4.69) is 10.6 Å². The molecular weight excluding hydrogens is 433 g/mol.